The van der Waals surface area contributed by atoms with Crippen LogP contribution in [0.25, 0.3) is 0 Å². The quantitative estimate of drug-likeness (QED) is 0.538. The fourth-order valence-corrected chi connectivity index (χ4v) is 3.79. The van der Waals surface area contributed by atoms with Crippen LogP contribution in [0.1, 0.15) is 39.4 Å². The van der Waals surface area contributed by atoms with Crippen LogP contribution >= 0.6 is 0 Å². The third-order valence-corrected chi connectivity index (χ3v) is 5.76. The minimum absolute atomic E-state index is 0.0409. The molecule has 0 aliphatic carbocycles. The summed E-state index contributed by atoms with van der Waals surface area (Å²) in [5.41, 5.74) is 2.74. The van der Waals surface area contributed by atoms with Crippen molar-refractivity contribution in [3.8, 4) is 0 Å². The zero-order valence-electron chi connectivity index (χ0n) is 15.7. The molecule has 8 nitrogen and oxygen atoms in total. The monoisotopic (exact) mass is 394 g/mol. The molecule has 1 aromatic carbocycles. The van der Waals surface area contributed by atoms with E-state index in [1.165, 1.54) is 13.8 Å². The SMILES string of the molecule is Cc1ccc(C(=O)COC(=O)CCNS(=O)(=O)c2c(C)noc2C)cc1C. The molecule has 0 fully saturated rings. The number of hydrogen-bond donors (Lipinski definition) is 1. The summed E-state index contributed by atoms with van der Waals surface area (Å²) in [6.45, 7) is 6.27. The van der Waals surface area contributed by atoms with Crippen molar-refractivity contribution in [3.63, 3.8) is 0 Å². The number of ketones is 1. The average Bonchev–Trinajstić information content (AvgIpc) is 2.94. The number of aromatic nitrogens is 1. The molecule has 0 atom stereocenters. The minimum Gasteiger partial charge on any atom is -0.457 e. The van der Waals surface area contributed by atoms with Crippen LogP contribution in [0.3, 0.4) is 0 Å². The molecule has 0 radical (unpaired) electrons. The molecule has 0 amide bonds. The van der Waals surface area contributed by atoms with E-state index in [4.69, 9.17) is 9.26 Å². The van der Waals surface area contributed by atoms with Gasteiger partial charge in [-0.15, -0.1) is 0 Å². The van der Waals surface area contributed by atoms with Gasteiger partial charge in [-0.3, -0.25) is 9.59 Å². The van der Waals surface area contributed by atoms with E-state index in [9.17, 15) is 18.0 Å². The van der Waals surface area contributed by atoms with Gasteiger partial charge in [0.1, 0.15) is 10.6 Å². The van der Waals surface area contributed by atoms with Crippen molar-refractivity contribution in [3.05, 3.63) is 46.3 Å². The topological polar surface area (TPSA) is 116 Å². The first-order valence-electron chi connectivity index (χ1n) is 8.30. The first-order valence-corrected chi connectivity index (χ1v) is 9.78. The molecule has 0 aliphatic rings. The summed E-state index contributed by atoms with van der Waals surface area (Å²) in [5, 5.41) is 3.59. The van der Waals surface area contributed by atoms with Gasteiger partial charge in [-0.1, -0.05) is 17.3 Å². The predicted molar refractivity (Wildman–Crippen MR) is 97.0 cm³/mol. The Morgan fingerprint density at radius 1 is 1.15 bits per heavy atom. The van der Waals surface area contributed by atoms with Gasteiger partial charge in [0, 0.05) is 12.1 Å². The maximum atomic E-state index is 12.2. The highest BCUT2D eigenvalue weighted by Crippen LogP contribution is 2.18. The van der Waals surface area contributed by atoms with Crippen LogP contribution in [0.2, 0.25) is 0 Å². The lowest BCUT2D eigenvalue weighted by atomic mass is 10.0. The first kappa shape index (κ1) is 20.8. The smallest absolute Gasteiger partial charge is 0.307 e. The lowest BCUT2D eigenvalue weighted by molar-refractivity contribution is -0.142. The van der Waals surface area contributed by atoms with Crippen LogP contribution in [0, 0.1) is 27.7 Å². The van der Waals surface area contributed by atoms with Crippen molar-refractivity contribution in [2.75, 3.05) is 13.2 Å². The molecule has 0 spiro atoms. The standard InChI is InChI=1S/C18H22N2O6S/c1-11-5-6-15(9-12(11)2)16(21)10-25-17(22)7-8-19-27(23,24)18-13(3)20-26-14(18)4/h5-6,9,19H,7-8,10H2,1-4H3. The molecule has 9 heteroatoms. The molecular formula is C18H22N2O6S. The number of ether oxygens (including phenoxy) is 1. The van der Waals surface area contributed by atoms with Gasteiger partial charge in [-0.25, -0.2) is 13.1 Å². The van der Waals surface area contributed by atoms with Crippen molar-refractivity contribution >= 4 is 21.8 Å². The van der Waals surface area contributed by atoms with Crippen LogP contribution in [0.15, 0.2) is 27.6 Å². The summed E-state index contributed by atoms with van der Waals surface area (Å²) in [6.07, 6.45) is -0.206. The fourth-order valence-electron chi connectivity index (χ4n) is 2.43. The Labute approximate surface area is 157 Å². The van der Waals surface area contributed by atoms with Crippen molar-refractivity contribution in [1.82, 2.24) is 9.88 Å². The van der Waals surface area contributed by atoms with Gasteiger partial charge in [0.25, 0.3) is 0 Å². The van der Waals surface area contributed by atoms with Crippen LogP contribution in [0.4, 0.5) is 0 Å². The molecular weight excluding hydrogens is 372 g/mol. The lowest BCUT2D eigenvalue weighted by Crippen LogP contribution is -2.28. The predicted octanol–water partition coefficient (Wildman–Crippen LogP) is 2.00. The lowest BCUT2D eigenvalue weighted by Gasteiger charge is -2.07. The van der Waals surface area contributed by atoms with Gasteiger partial charge < -0.3 is 9.26 Å². The molecule has 0 aliphatic heterocycles. The van der Waals surface area contributed by atoms with Gasteiger partial charge in [-0.2, -0.15) is 0 Å². The van der Waals surface area contributed by atoms with Gasteiger partial charge in [0.15, 0.2) is 18.2 Å². The van der Waals surface area contributed by atoms with Gasteiger partial charge >= 0.3 is 5.97 Å². The molecule has 1 aromatic heterocycles. The fraction of sp³-hybridized carbons (Fsp3) is 0.389. The van der Waals surface area contributed by atoms with Crippen LogP contribution in [-0.4, -0.2) is 38.5 Å². The zero-order valence-corrected chi connectivity index (χ0v) is 16.5. The van der Waals surface area contributed by atoms with Crippen molar-refractivity contribution in [1.29, 1.82) is 0 Å². The van der Waals surface area contributed by atoms with Crippen LogP contribution < -0.4 is 4.72 Å². The number of carbonyl (C=O) groups excluding carboxylic acids is 2. The highest BCUT2D eigenvalue weighted by molar-refractivity contribution is 7.89. The summed E-state index contributed by atoms with van der Waals surface area (Å²) in [5.74, 6) is -0.821. The van der Waals surface area contributed by atoms with E-state index in [2.05, 4.69) is 9.88 Å². The second kappa shape index (κ2) is 8.45. The Kier molecular flexibility index (Phi) is 6.50. The molecule has 27 heavy (non-hydrogen) atoms. The zero-order chi connectivity index (χ0) is 20.2. The average molecular weight is 394 g/mol. The Morgan fingerprint density at radius 2 is 1.85 bits per heavy atom. The third kappa shape index (κ3) is 5.24. The van der Waals surface area contributed by atoms with Gasteiger partial charge in [-0.05, 0) is 44.9 Å². The summed E-state index contributed by atoms with van der Waals surface area (Å²) < 4.78 is 36.5. The maximum absolute atomic E-state index is 12.2. The molecule has 2 aromatic rings. The number of sulfonamides is 1. The molecule has 2 rings (SSSR count). The van der Waals surface area contributed by atoms with Crippen LogP contribution in [-0.2, 0) is 19.6 Å². The number of carbonyl (C=O) groups is 2. The molecule has 1 heterocycles. The number of esters is 1. The number of rotatable bonds is 8. The van der Waals surface area contributed by atoms with E-state index in [0.29, 0.717) is 5.56 Å². The van der Waals surface area contributed by atoms with E-state index < -0.39 is 22.6 Å². The second-order valence-electron chi connectivity index (χ2n) is 6.18. The van der Waals surface area contributed by atoms with Crippen molar-refractivity contribution in [2.45, 2.75) is 39.0 Å². The number of nitrogens with zero attached hydrogens (tertiary/aromatic N) is 1. The minimum atomic E-state index is -3.84. The Bertz CT molecular complexity index is 943. The Morgan fingerprint density at radius 3 is 2.44 bits per heavy atom. The maximum Gasteiger partial charge on any atom is 0.307 e. The van der Waals surface area contributed by atoms with Crippen molar-refractivity contribution < 1.29 is 27.3 Å². The number of benzene rings is 1. The molecule has 0 saturated heterocycles. The molecule has 0 saturated carbocycles. The normalized spacial score (nSPS) is 11.4. The number of hydrogen-bond acceptors (Lipinski definition) is 7. The molecule has 146 valence electrons. The first-order chi connectivity index (χ1) is 12.6. The summed E-state index contributed by atoms with van der Waals surface area (Å²) in [4.78, 5) is 23.8. The highest BCUT2D eigenvalue weighted by Gasteiger charge is 2.24. The summed E-state index contributed by atoms with van der Waals surface area (Å²) in [7, 11) is -3.84. The van der Waals surface area contributed by atoms with Crippen LogP contribution in [0.5, 0.6) is 0 Å². The van der Waals surface area contributed by atoms with Gasteiger partial charge in [0.05, 0.1) is 6.42 Å². The number of nitrogens with one attached hydrogen (secondary N) is 1. The van der Waals surface area contributed by atoms with Crippen molar-refractivity contribution in [2.24, 2.45) is 0 Å². The molecule has 0 bridgehead atoms. The largest absolute Gasteiger partial charge is 0.457 e. The van der Waals surface area contributed by atoms with E-state index in [0.717, 1.165) is 11.1 Å². The summed E-state index contributed by atoms with van der Waals surface area (Å²) in [6, 6.07) is 5.24. The Hall–Kier alpha value is -2.52. The highest BCUT2D eigenvalue weighted by atomic mass is 32.2. The van der Waals surface area contributed by atoms with E-state index >= 15 is 0 Å². The third-order valence-electron chi connectivity index (χ3n) is 4.05. The molecule has 0 unspecified atom stereocenters. The number of Topliss-reactive ketones (excluding diaryl/α,β-unsaturated/α-hetero) is 1. The number of aryl methyl sites for hydroxylation is 4. The van der Waals surface area contributed by atoms with E-state index in [1.54, 1.807) is 12.1 Å². The van der Waals surface area contributed by atoms with E-state index in [1.807, 2.05) is 19.9 Å². The second-order valence-corrected chi connectivity index (χ2v) is 7.89. The summed E-state index contributed by atoms with van der Waals surface area (Å²) >= 11 is 0. The Balaban J connectivity index is 1.82. The molecule has 1 N–H and O–H groups in total. The van der Waals surface area contributed by atoms with Gasteiger partial charge in [0.2, 0.25) is 10.0 Å². The van der Waals surface area contributed by atoms with E-state index in [-0.39, 0.29) is 35.1 Å².